The van der Waals surface area contributed by atoms with Crippen LogP contribution in [0.25, 0.3) is 12.2 Å². The zero-order valence-corrected chi connectivity index (χ0v) is 23.7. The summed E-state index contributed by atoms with van der Waals surface area (Å²) in [5, 5.41) is 0. The molecule has 1 aromatic carbocycles. The van der Waals surface area contributed by atoms with Crippen molar-refractivity contribution in [1.82, 2.24) is 0 Å². The highest BCUT2D eigenvalue weighted by Crippen LogP contribution is 2.69. The molecular weight excluding hydrogens is 528 g/mol. The Balaban J connectivity index is 1.58. The third-order valence-electron chi connectivity index (χ3n) is 10.7. The maximum absolute atomic E-state index is 13.1. The van der Waals surface area contributed by atoms with Crippen molar-refractivity contribution in [1.29, 1.82) is 0 Å². The molecule has 4 unspecified atom stereocenters. The highest BCUT2D eigenvalue weighted by Gasteiger charge is 2.68. The first-order chi connectivity index (χ1) is 17.4. The topological polar surface area (TPSA) is 143 Å². The van der Waals surface area contributed by atoms with Gasteiger partial charge < -0.3 is 0 Å². The average Bonchev–Trinajstić information content (AvgIpc) is 3.34. The number of fused-ring (bicyclic) bond motifs is 4. The number of allylic oxidation sites excluding steroid dienone is 2. The van der Waals surface area contributed by atoms with E-state index in [0.29, 0.717) is 36.8 Å². The van der Waals surface area contributed by atoms with Gasteiger partial charge in [0.15, 0.2) is 0 Å². The lowest BCUT2D eigenvalue weighted by Gasteiger charge is -2.37. The molecule has 0 aromatic heterocycles. The molecule has 4 aliphatic rings. The Morgan fingerprint density at radius 2 is 1.03 bits per heavy atom. The Morgan fingerprint density at radius 3 is 1.24 bits per heavy atom. The van der Waals surface area contributed by atoms with E-state index < -0.39 is 41.9 Å². The molecule has 4 saturated carbocycles. The van der Waals surface area contributed by atoms with Gasteiger partial charge in [-0.15, -0.1) is 0 Å². The molecule has 4 fully saturated rings. The first-order valence-corrected chi connectivity index (χ1v) is 15.8. The molecule has 0 heterocycles. The molecule has 0 amide bonds. The van der Waals surface area contributed by atoms with E-state index in [9.17, 15) is 35.5 Å². The number of Topliss-reactive ketones (excluding diaryl/α,β-unsaturated/α-hetero) is 2. The molecule has 206 valence electrons. The van der Waals surface area contributed by atoms with E-state index >= 15 is 0 Å². The maximum Gasteiger partial charge on any atom is 0.291 e. The molecule has 0 saturated heterocycles. The highest BCUT2D eigenvalue weighted by molar-refractivity contribution is 7.90. The molecule has 4 atom stereocenters. The molecule has 2 N–H and O–H groups in total. The molecule has 0 spiro atoms. The summed E-state index contributed by atoms with van der Waals surface area (Å²) >= 11 is 0. The Morgan fingerprint density at radius 1 is 0.711 bits per heavy atom. The van der Waals surface area contributed by atoms with Gasteiger partial charge in [0.2, 0.25) is 0 Å². The zero-order valence-electron chi connectivity index (χ0n) is 22.0. The minimum atomic E-state index is -4.70. The van der Waals surface area contributed by atoms with Crippen LogP contribution in [-0.4, -0.2) is 37.5 Å². The summed E-state index contributed by atoms with van der Waals surface area (Å²) in [6.07, 6.45) is 5.30. The van der Waals surface area contributed by atoms with Crippen molar-refractivity contribution >= 4 is 44.0 Å². The van der Waals surface area contributed by atoms with Crippen LogP contribution in [0.1, 0.15) is 77.3 Å². The van der Waals surface area contributed by atoms with Gasteiger partial charge in [-0.25, -0.2) is 0 Å². The van der Waals surface area contributed by atoms with Crippen molar-refractivity contribution in [2.24, 2.45) is 33.5 Å². The minimum absolute atomic E-state index is 0.0450. The van der Waals surface area contributed by atoms with Crippen LogP contribution in [0.15, 0.2) is 34.1 Å². The molecule has 0 aliphatic heterocycles. The van der Waals surface area contributed by atoms with Crippen LogP contribution in [0.3, 0.4) is 0 Å². The molecular formula is C28H34O8S2. The second-order valence-corrected chi connectivity index (χ2v) is 15.4. The summed E-state index contributed by atoms with van der Waals surface area (Å²) in [6.45, 7) is 7.49. The van der Waals surface area contributed by atoms with Crippen LogP contribution in [0.5, 0.6) is 0 Å². The minimum Gasteiger partial charge on any atom is -0.299 e. The fourth-order valence-corrected chi connectivity index (χ4v) is 10.7. The van der Waals surface area contributed by atoms with Crippen LogP contribution < -0.4 is 0 Å². The van der Waals surface area contributed by atoms with E-state index in [1.165, 1.54) is 12.2 Å². The van der Waals surface area contributed by atoms with Gasteiger partial charge in [-0.2, -0.15) is 16.8 Å². The van der Waals surface area contributed by atoms with Gasteiger partial charge in [0.25, 0.3) is 20.2 Å². The average molecular weight is 563 g/mol. The zero-order chi connectivity index (χ0) is 28.1. The highest BCUT2D eigenvalue weighted by atomic mass is 32.2. The predicted molar refractivity (Wildman–Crippen MR) is 143 cm³/mol. The summed E-state index contributed by atoms with van der Waals surface area (Å²) in [5.74, 6) is -0.275. The van der Waals surface area contributed by atoms with Gasteiger partial charge in [-0.1, -0.05) is 52.0 Å². The van der Waals surface area contributed by atoms with Crippen LogP contribution in [0.2, 0.25) is 0 Å². The predicted octanol–water partition coefficient (Wildman–Crippen LogP) is 4.93. The summed E-state index contributed by atoms with van der Waals surface area (Å²) in [7, 11) is -9.40. The lowest BCUT2D eigenvalue weighted by Crippen LogP contribution is -2.40. The number of carbonyl (C=O) groups is 2. The van der Waals surface area contributed by atoms with Crippen molar-refractivity contribution < 1.29 is 35.5 Å². The monoisotopic (exact) mass is 562 g/mol. The summed E-state index contributed by atoms with van der Waals surface area (Å²) in [4.78, 5) is 25.5. The van der Waals surface area contributed by atoms with E-state index in [4.69, 9.17) is 0 Å². The smallest absolute Gasteiger partial charge is 0.291 e. The Hall–Kier alpha value is -2.14. The molecule has 10 heteroatoms. The molecule has 8 nitrogen and oxygen atoms in total. The van der Waals surface area contributed by atoms with Crippen molar-refractivity contribution in [2.45, 2.75) is 66.2 Å². The van der Waals surface area contributed by atoms with Crippen molar-refractivity contribution in [3.63, 3.8) is 0 Å². The molecule has 4 bridgehead atoms. The Bertz CT molecular complexity index is 1400. The molecule has 1 aromatic rings. The van der Waals surface area contributed by atoms with Gasteiger partial charge in [-0.3, -0.25) is 18.7 Å². The lowest BCUT2D eigenvalue weighted by molar-refractivity contribution is -0.127. The molecule has 4 aliphatic carbocycles. The molecule has 38 heavy (non-hydrogen) atoms. The second-order valence-electron chi connectivity index (χ2n) is 12.6. The normalized spacial score (nSPS) is 34.4. The standard InChI is InChI=1S/C28H34O8S2/c1-25(2)19-9-11-27(25,21(29)15-19)23(37(31,32)33)13-17-5-7-18(8-6-17)14-24(38(34,35)36)28-12-10-20(16-22(28)30)26(28,3)4/h5-8,13-14,19-20H,9-12,15-16H2,1-4H3,(H,31,32,33)(H,34,35,36)/b23-13+,24-14+. The van der Waals surface area contributed by atoms with Crippen LogP contribution in [0, 0.1) is 33.5 Å². The second kappa shape index (κ2) is 8.19. The number of hydrogen-bond acceptors (Lipinski definition) is 6. The molecule has 0 radical (unpaired) electrons. The van der Waals surface area contributed by atoms with Gasteiger partial charge >= 0.3 is 0 Å². The fourth-order valence-electron chi connectivity index (χ4n) is 8.34. The van der Waals surface area contributed by atoms with Gasteiger partial charge in [0, 0.05) is 12.8 Å². The Labute approximate surface area is 224 Å². The fraction of sp³-hybridized carbons (Fsp3) is 0.571. The van der Waals surface area contributed by atoms with Gasteiger partial charge in [0.05, 0.1) is 20.6 Å². The number of carbonyl (C=O) groups excluding carboxylic acids is 2. The first kappa shape index (κ1) is 27.4. The van der Waals surface area contributed by atoms with Crippen molar-refractivity contribution in [3.05, 3.63) is 45.2 Å². The first-order valence-electron chi connectivity index (χ1n) is 12.9. The number of benzene rings is 1. The quantitative estimate of drug-likeness (QED) is 0.465. The van der Waals surface area contributed by atoms with E-state index in [0.717, 1.165) is 0 Å². The summed E-state index contributed by atoms with van der Waals surface area (Å²) in [5.41, 5.74) is -3.03. The largest absolute Gasteiger partial charge is 0.299 e. The third-order valence-corrected chi connectivity index (χ3v) is 12.8. The number of hydrogen-bond donors (Lipinski definition) is 2. The van der Waals surface area contributed by atoms with Crippen LogP contribution >= 0.6 is 0 Å². The number of rotatable bonds is 6. The number of ketones is 2. The van der Waals surface area contributed by atoms with Crippen molar-refractivity contribution in [3.8, 4) is 0 Å². The SMILES string of the molecule is CC1(C)C2CCC1(/C(=C\c1ccc(/C=C(\C34CCC(CC3=O)C4(C)C)S(=O)(=O)O)cc1)S(=O)(=O)O)C(=O)C2. The van der Waals surface area contributed by atoms with E-state index in [-0.39, 0.29) is 46.1 Å². The summed E-state index contributed by atoms with van der Waals surface area (Å²) in [6, 6.07) is 6.24. The van der Waals surface area contributed by atoms with E-state index in [1.54, 1.807) is 24.3 Å². The van der Waals surface area contributed by atoms with E-state index in [2.05, 4.69) is 0 Å². The van der Waals surface area contributed by atoms with Gasteiger partial charge in [0.1, 0.15) is 11.6 Å². The van der Waals surface area contributed by atoms with Crippen LogP contribution in [0.4, 0.5) is 0 Å². The van der Waals surface area contributed by atoms with Crippen molar-refractivity contribution in [2.75, 3.05) is 0 Å². The van der Waals surface area contributed by atoms with Crippen LogP contribution in [-0.2, 0) is 29.8 Å². The van der Waals surface area contributed by atoms with E-state index in [1.807, 2.05) is 27.7 Å². The third kappa shape index (κ3) is 3.52. The van der Waals surface area contributed by atoms with Gasteiger partial charge in [-0.05, 0) is 71.6 Å². The molecule has 5 rings (SSSR count). The maximum atomic E-state index is 13.1. The summed E-state index contributed by atoms with van der Waals surface area (Å²) < 4.78 is 70.7. The Kier molecular flexibility index (Phi) is 5.91. The lowest BCUT2D eigenvalue weighted by atomic mass is 9.68.